The Bertz CT molecular complexity index is 1120. The second-order valence-electron chi connectivity index (χ2n) is 7.61. The fraction of sp³-hybridized carbons (Fsp3) is 0.200. The van der Waals surface area contributed by atoms with Crippen LogP contribution in [0, 0.1) is 6.92 Å². The van der Waals surface area contributed by atoms with Gasteiger partial charge in [-0.1, -0.05) is 48.0 Å². The Labute approximate surface area is 175 Å². The molecule has 2 heterocycles. The van der Waals surface area contributed by atoms with Gasteiger partial charge in [-0.25, -0.2) is 5.01 Å². The first-order valence-electron chi connectivity index (χ1n) is 10.0. The summed E-state index contributed by atoms with van der Waals surface area (Å²) >= 11 is 0. The number of para-hydroxylation sites is 1. The molecule has 2 aliphatic heterocycles. The zero-order valence-corrected chi connectivity index (χ0v) is 16.9. The normalized spacial score (nSPS) is 19.4. The van der Waals surface area contributed by atoms with E-state index in [4.69, 9.17) is 14.6 Å². The second kappa shape index (κ2) is 7.34. The van der Waals surface area contributed by atoms with E-state index in [1.807, 2.05) is 84.7 Å². The minimum absolute atomic E-state index is 0.0357. The molecule has 0 aliphatic carbocycles. The number of carbonyl (C=O) groups is 1. The summed E-state index contributed by atoms with van der Waals surface area (Å²) in [6.45, 7) is 2.00. The molecular formula is C25H22N2O3. The number of methoxy groups -OCH3 is 1. The number of ketones is 1. The fourth-order valence-electron chi connectivity index (χ4n) is 4.03. The van der Waals surface area contributed by atoms with Gasteiger partial charge in [-0.15, -0.1) is 0 Å². The van der Waals surface area contributed by atoms with Crippen molar-refractivity contribution in [2.24, 2.45) is 5.10 Å². The van der Waals surface area contributed by atoms with Crippen LogP contribution in [0.15, 0.2) is 77.9 Å². The molecule has 150 valence electrons. The van der Waals surface area contributed by atoms with Crippen molar-refractivity contribution < 1.29 is 14.3 Å². The quantitative estimate of drug-likeness (QED) is 0.595. The Kier molecular flexibility index (Phi) is 4.51. The molecule has 30 heavy (non-hydrogen) atoms. The van der Waals surface area contributed by atoms with Crippen LogP contribution in [0.3, 0.4) is 0 Å². The van der Waals surface area contributed by atoms with Gasteiger partial charge in [0.2, 0.25) is 5.78 Å². The summed E-state index contributed by atoms with van der Waals surface area (Å²) in [4.78, 5) is 13.3. The first kappa shape index (κ1) is 18.4. The Balaban J connectivity index is 1.53. The highest BCUT2D eigenvalue weighted by Gasteiger charge is 2.43. The molecule has 0 amide bonds. The summed E-state index contributed by atoms with van der Waals surface area (Å²) in [6, 6.07) is 23.3. The van der Waals surface area contributed by atoms with Gasteiger partial charge in [0.1, 0.15) is 11.5 Å². The molecule has 0 radical (unpaired) electrons. The van der Waals surface area contributed by atoms with Gasteiger partial charge in [-0.3, -0.25) is 4.79 Å². The van der Waals surface area contributed by atoms with Gasteiger partial charge < -0.3 is 9.47 Å². The van der Waals surface area contributed by atoms with Crippen LogP contribution in [-0.4, -0.2) is 29.8 Å². The highest BCUT2D eigenvalue weighted by molar-refractivity contribution is 6.03. The summed E-state index contributed by atoms with van der Waals surface area (Å²) in [6.07, 6.45) is -0.0759. The van der Waals surface area contributed by atoms with Gasteiger partial charge in [-0.2, -0.15) is 5.10 Å². The van der Waals surface area contributed by atoms with Crippen LogP contribution < -0.4 is 9.47 Å². The van der Waals surface area contributed by atoms with Crippen molar-refractivity contribution >= 4 is 11.5 Å². The molecule has 3 aromatic carbocycles. The van der Waals surface area contributed by atoms with E-state index in [1.165, 1.54) is 0 Å². The van der Waals surface area contributed by atoms with E-state index in [2.05, 4.69) is 0 Å². The molecule has 0 N–H and O–H groups in total. The lowest BCUT2D eigenvalue weighted by Gasteiger charge is -2.37. The van der Waals surface area contributed by atoms with Gasteiger partial charge in [0.15, 0.2) is 0 Å². The topological polar surface area (TPSA) is 51.1 Å². The zero-order chi connectivity index (χ0) is 20.7. The Morgan fingerprint density at radius 2 is 1.77 bits per heavy atom. The SMILES string of the molecule is COc1ccc(C2=NN3C(C(=O)c4ccc(C)cc4)Oc4ccccc4C3C2)cc1. The predicted octanol–water partition coefficient (Wildman–Crippen LogP) is 4.76. The minimum Gasteiger partial charge on any atom is -0.497 e. The first-order valence-corrected chi connectivity index (χ1v) is 10.0. The number of benzene rings is 3. The Hall–Kier alpha value is -3.60. The van der Waals surface area contributed by atoms with Crippen LogP contribution in [0.5, 0.6) is 11.5 Å². The molecule has 5 rings (SSSR count). The third kappa shape index (κ3) is 3.12. The third-order valence-corrected chi connectivity index (χ3v) is 5.68. The highest BCUT2D eigenvalue weighted by atomic mass is 16.5. The monoisotopic (exact) mass is 398 g/mol. The maximum absolute atomic E-state index is 13.3. The standard InChI is InChI=1S/C25H22N2O3/c1-16-7-9-18(10-8-16)24(28)25-27-22(20-5-3-4-6-23(20)30-25)15-21(26-27)17-11-13-19(29-2)14-12-17/h3-14,22,25H,15H2,1-2H3. The molecule has 2 unspecified atom stereocenters. The molecule has 0 saturated carbocycles. The Morgan fingerprint density at radius 1 is 1.03 bits per heavy atom. The lowest BCUT2D eigenvalue weighted by Crippen LogP contribution is -2.45. The van der Waals surface area contributed by atoms with E-state index in [-0.39, 0.29) is 11.8 Å². The lowest BCUT2D eigenvalue weighted by molar-refractivity contribution is -0.00455. The smallest absolute Gasteiger partial charge is 0.251 e. The number of hydrogen-bond donors (Lipinski definition) is 0. The van der Waals surface area contributed by atoms with Crippen LogP contribution in [0.4, 0.5) is 0 Å². The van der Waals surface area contributed by atoms with Gasteiger partial charge in [0.25, 0.3) is 6.23 Å². The average Bonchev–Trinajstić information content (AvgIpc) is 3.24. The molecule has 2 atom stereocenters. The number of fused-ring (bicyclic) bond motifs is 3. The van der Waals surface area contributed by atoms with Crippen LogP contribution in [0.1, 0.15) is 39.5 Å². The van der Waals surface area contributed by atoms with Crippen molar-refractivity contribution in [3.05, 3.63) is 95.1 Å². The van der Waals surface area contributed by atoms with Crippen molar-refractivity contribution in [2.45, 2.75) is 25.6 Å². The van der Waals surface area contributed by atoms with Gasteiger partial charge in [-0.05, 0) is 42.8 Å². The van der Waals surface area contributed by atoms with Crippen LogP contribution >= 0.6 is 0 Å². The molecule has 0 fully saturated rings. The van der Waals surface area contributed by atoms with E-state index < -0.39 is 6.23 Å². The van der Waals surface area contributed by atoms with Crippen LogP contribution in [-0.2, 0) is 0 Å². The number of rotatable bonds is 4. The van der Waals surface area contributed by atoms with Crippen molar-refractivity contribution in [2.75, 3.05) is 7.11 Å². The van der Waals surface area contributed by atoms with Crippen molar-refractivity contribution in [3.63, 3.8) is 0 Å². The summed E-state index contributed by atoms with van der Waals surface area (Å²) in [5, 5.41) is 6.67. The average molecular weight is 398 g/mol. The second-order valence-corrected chi connectivity index (χ2v) is 7.61. The summed E-state index contributed by atoms with van der Waals surface area (Å²) in [7, 11) is 1.65. The van der Waals surface area contributed by atoms with E-state index in [0.29, 0.717) is 12.0 Å². The first-order chi connectivity index (χ1) is 14.6. The Morgan fingerprint density at radius 3 is 2.50 bits per heavy atom. The third-order valence-electron chi connectivity index (χ3n) is 5.68. The van der Waals surface area contributed by atoms with Gasteiger partial charge in [0, 0.05) is 17.5 Å². The summed E-state index contributed by atoms with van der Waals surface area (Å²) in [5.74, 6) is 1.46. The van der Waals surface area contributed by atoms with E-state index in [0.717, 1.165) is 33.9 Å². The lowest BCUT2D eigenvalue weighted by atomic mass is 9.95. The maximum atomic E-state index is 13.3. The van der Waals surface area contributed by atoms with Crippen molar-refractivity contribution in [3.8, 4) is 11.5 Å². The maximum Gasteiger partial charge on any atom is 0.251 e. The fourth-order valence-corrected chi connectivity index (χ4v) is 4.03. The number of aryl methyl sites for hydroxylation is 1. The van der Waals surface area contributed by atoms with Crippen LogP contribution in [0.25, 0.3) is 0 Å². The van der Waals surface area contributed by atoms with E-state index in [9.17, 15) is 4.79 Å². The largest absolute Gasteiger partial charge is 0.497 e. The van der Waals surface area contributed by atoms with Gasteiger partial charge in [0.05, 0.1) is 18.9 Å². The molecule has 5 heteroatoms. The molecule has 0 spiro atoms. The number of hydrazone groups is 1. The zero-order valence-electron chi connectivity index (χ0n) is 16.9. The van der Waals surface area contributed by atoms with Crippen molar-refractivity contribution in [1.82, 2.24) is 5.01 Å². The van der Waals surface area contributed by atoms with E-state index >= 15 is 0 Å². The molecule has 0 bridgehead atoms. The molecular weight excluding hydrogens is 376 g/mol. The minimum atomic E-state index is -0.789. The molecule has 2 aliphatic rings. The molecule has 0 aromatic heterocycles. The van der Waals surface area contributed by atoms with Crippen LogP contribution in [0.2, 0.25) is 0 Å². The summed E-state index contributed by atoms with van der Waals surface area (Å²) < 4.78 is 11.4. The number of Topliss-reactive ketones (excluding diaryl/α,β-unsaturated/α-hetero) is 1. The summed E-state index contributed by atoms with van der Waals surface area (Å²) in [5.41, 5.74) is 4.74. The molecule has 5 nitrogen and oxygen atoms in total. The van der Waals surface area contributed by atoms with Crippen molar-refractivity contribution in [1.29, 1.82) is 0 Å². The number of carbonyl (C=O) groups excluding carboxylic acids is 1. The van der Waals surface area contributed by atoms with Gasteiger partial charge >= 0.3 is 0 Å². The number of hydrogen-bond acceptors (Lipinski definition) is 5. The predicted molar refractivity (Wildman–Crippen MR) is 115 cm³/mol. The number of nitrogens with zero attached hydrogens (tertiary/aromatic N) is 2. The number of ether oxygens (including phenoxy) is 2. The van der Waals surface area contributed by atoms with E-state index in [1.54, 1.807) is 7.11 Å². The molecule has 0 saturated heterocycles. The highest BCUT2D eigenvalue weighted by Crippen LogP contribution is 2.43. The molecule has 3 aromatic rings.